The zero-order chi connectivity index (χ0) is 13.8. The molecule has 1 N–H and O–H groups in total. The molecular weight excluding hydrogens is 270 g/mol. The number of rotatable bonds is 4. The first-order chi connectivity index (χ1) is 9.06. The highest BCUT2D eigenvalue weighted by Crippen LogP contribution is 2.26. The summed E-state index contributed by atoms with van der Waals surface area (Å²) >= 11 is 1.13. The van der Waals surface area contributed by atoms with Crippen molar-refractivity contribution in [3.05, 3.63) is 65.2 Å². The molecule has 0 unspecified atom stereocenters. The molecule has 0 amide bonds. The van der Waals surface area contributed by atoms with Crippen molar-refractivity contribution in [3.63, 3.8) is 0 Å². The van der Waals surface area contributed by atoms with E-state index >= 15 is 0 Å². The standard InChI is InChI=1S/C14H10F2O2S/c15-11-4-5-12(16)13(7-11)19-8-9-2-1-3-10(6-9)14(17)18/h1-7H,8H2,(H,17,18). The summed E-state index contributed by atoms with van der Waals surface area (Å²) in [6, 6.07) is 9.64. The maximum Gasteiger partial charge on any atom is 0.335 e. The summed E-state index contributed by atoms with van der Waals surface area (Å²) in [5, 5.41) is 8.86. The largest absolute Gasteiger partial charge is 0.478 e. The topological polar surface area (TPSA) is 37.3 Å². The normalized spacial score (nSPS) is 10.4. The van der Waals surface area contributed by atoms with Crippen molar-refractivity contribution in [2.75, 3.05) is 0 Å². The Kier molecular flexibility index (Phi) is 4.16. The monoisotopic (exact) mass is 280 g/mol. The Labute approximate surface area is 113 Å². The number of carboxylic acid groups (broad SMARTS) is 1. The second kappa shape index (κ2) is 5.84. The molecule has 0 heterocycles. The Balaban J connectivity index is 2.12. The third kappa shape index (κ3) is 3.54. The van der Waals surface area contributed by atoms with Crippen LogP contribution in [0.4, 0.5) is 8.78 Å². The minimum Gasteiger partial charge on any atom is -0.478 e. The molecule has 19 heavy (non-hydrogen) atoms. The van der Waals surface area contributed by atoms with Gasteiger partial charge in [0.25, 0.3) is 0 Å². The zero-order valence-electron chi connectivity index (χ0n) is 9.77. The molecule has 0 aromatic heterocycles. The van der Waals surface area contributed by atoms with E-state index in [4.69, 9.17) is 5.11 Å². The van der Waals surface area contributed by atoms with Crippen molar-refractivity contribution in [1.82, 2.24) is 0 Å². The van der Waals surface area contributed by atoms with Crippen LogP contribution in [-0.4, -0.2) is 11.1 Å². The SMILES string of the molecule is O=C(O)c1cccc(CSc2cc(F)ccc2F)c1. The lowest BCUT2D eigenvalue weighted by Crippen LogP contribution is -1.96. The van der Waals surface area contributed by atoms with Crippen LogP contribution < -0.4 is 0 Å². The van der Waals surface area contributed by atoms with Crippen LogP contribution in [0.5, 0.6) is 0 Å². The van der Waals surface area contributed by atoms with Gasteiger partial charge in [-0.15, -0.1) is 11.8 Å². The molecule has 0 saturated carbocycles. The highest BCUT2D eigenvalue weighted by Gasteiger charge is 2.07. The van der Waals surface area contributed by atoms with Gasteiger partial charge in [0, 0.05) is 10.6 Å². The minimum atomic E-state index is -1.01. The summed E-state index contributed by atoms with van der Waals surface area (Å²) in [7, 11) is 0. The fraction of sp³-hybridized carbons (Fsp3) is 0.0714. The molecule has 0 atom stereocenters. The molecule has 0 radical (unpaired) electrons. The van der Waals surface area contributed by atoms with Crippen molar-refractivity contribution in [2.24, 2.45) is 0 Å². The minimum absolute atomic E-state index is 0.179. The molecule has 2 rings (SSSR count). The van der Waals surface area contributed by atoms with Gasteiger partial charge < -0.3 is 5.11 Å². The van der Waals surface area contributed by atoms with Crippen LogP contribution in [0.15, 0.2) is 47.4 Å². The number of thioether (sulfide) groups is 1. The van der Waals surface area contributed by atoms with Crippen molar-refractivity contribution >= 4 is 17.7 Å². The fourth-order valence-corrected chi connectivity index (χ4v) is 2.45. The third-order valence-electron chi connectivity index (χ3n) is 2.46. The molecule has 5 heteroatoms. The predicted molar refractivity (Wildman–Crippen MR) is 69.3 cm³/mol. The predicted octanol–water partition coefficient (Wildman–Crippen LogP) is 3.96. The first-order valence-electron chi connectivity index (χ1n) is 5.46. The second-order valence-corrected chi connectivity index (χ2v) is 4.89. The number of hydrogen-bond donors (Lipinski definition) is 1. The summed E-state index contributed by atoms with van der Waals surface area (Å²) in [5.41, 5.74) is 0.923. The van der Waals surface area contributed by atoms with E-state index in [-0.39, 0.29) is 10.5 Å². The molecule has 0 fully saturated rings. The lowest BCUT2D eigenvalue weighted by atomic mass is 10.1. The highest BCUT2D eigenvalue weighted by atomic mass is 32.2. The molecule has 2 aromatic rings. The molecule has 0 spiro atoms. The van der Waals surface area contributed by atoms with Crippen LogP contribution in [0.1, 0.15) is 15.9 Å². The second-order valence-electron chi connectivity index (χ2n) is 3.87. The Bertz CT molecular complexity index is 614. The van der Waals surface area contributed by atoms with Crippen LogP contribution in [-0.2, 0) is 5.75 Å². The average molecular weight is 280 g/mol. The summed E-state index contributed by atoms with van der Waals surface area (Å²) in [6.45, 7) is 0. The lowest BCUT2D eigenvalue weighted by molar-refractivity contribution is 0.0697. The Hall–Kier alpha value is -1.88. The van der Waals surface area contributed by atoms with Gasteiger partial charge in [0.1, 0.15) is 11.6 Å². The van der Waals surface area contributed by atoms with Gasteiger partial charge in [-0.2, -0.15) is 0 Å². The van der Waals surface area contributed by atoms with Gasteiger partial charge in [-0.1, -0.05) is 12.1 Å². The van der Waals surface area contributed by atoms with Gasteiger partial charge in [-0.05, 0) is 35.9 Å². The molecule has 0 aliphatic carbocycles. The zero-order valence-corrected chi connectivity index (χ0v) is 10.6. The molecule has 2 aromatic carbocycles. The average Bonchev–Trinajstić information content (AvgIpc) is 2.40. The van der Waals surface area contributed by atoms with Gasteiger partial charge in [0.05, 0.1) is 5.56 Å². The number of halogens is 2. The van der Waals surface area contributed by atoms with Gasteiger partial charge in [-0.3, -0.25) is 0 Å². The molecule has 0 aliphatic rings. The number of carboxylic acids is 1. The third-order valence-corrected chi connectivity index (χ3v) is 3.56. The Morgan fingerprint density at radius 2 is 1.95 bits per heavy atom. The van der Waals surface area contributed by atoms with E-state index in [9.17, 15) is 13.6 Å². The quantitative estimate of drug-likeness (QED) is 0.861. The number of hydrogen-bond acceptors (Lipinski definition) is 2. The van der Waals surface area contributed by atoms with E-state index in [1.807, 2.05) is 0 Å². The van der Waals surface area contributed by atoms with E-state index in [0.717, 1.165) is 35.5 Å². The van der Waals surface area contributed by atoms with E-state index in [2.05, 4.69) is 0 Å². The number of benzene rings is 2. The molecule has 0 saturated heterocycles. The summed E-state index contributed by atoms with van der Waals surface area (Å²) in [6.07, 6.45) is 0. The van der Waals surface area contributed by atoms with E-state index in [1.54, 1.807) is 12.1 Å². The van der Waals surface area contributed by atoms with Gasteiger partial charge in [-0.25, -0.2) is 13.6 Å². The maximum absolute atomic E-state index is 13.4. The van der Waals surface area contributed by atoms with Crippen molar-refractivity contribution in [1.29, 1.82) is 0 Å². The molecule has 98 valence electrons. The summed E-state index contributed by atoms with van der Waals surface area (Å²) in [5.74, 6) is -1.62. The fourth-order valence-electron chi connectivity index (χ4n) is 1.54. The van der Waals surface area contributed by atoms with Crippen LogP contribution in [0, 0.1) is 11.6 Å². The molecule has 2 nitrogen and oxygen atoms in total. The molecular formula is C14H10F2O2S. The maximum atomic E-state index is 13.4. The van der Waals surface area contributed by atoms with Crippen molar-refractivity contribution in [3.8, 4) is 0 Å². The van der Waals surface area contributed by atoms with E-state index in [0.29, 0.717) is 5.75 Å². The summed E-state index contributed by atoms with van der Waals surface area (Å²) < 4.78 is 26.4. The lowest BCUT2D eigenvalue weighted by Gasteiger charge is -2.04. The van der Waals surface area contributed by atoms with Gasteiger partial charge >= 0.3 is 5.97 Å². The van der Waals surface area contributed by atoms with Gasteiger partial charge in [0.2, 0.25) is 0 Å². The number of aromatic carboxylic acids is 1. The first-order valence-corrected chi connectivity index (χ1v) is 6.45. The van der Waals surface area contributed by atoms with Crippen LogP contribution in [0.3, 0.4) is 0 Å². The molecule has 0 aliphatic heterocycles. The Morgan fingerprint density at radius 1 is 1.16 bits per heavy atom. The number of carbonyl (C=O) groups is 1. The van der Waals surface area contributed by atoms with Crippen molar-refractivity contribution < 1.29 is 18.7 Å². The first kappa shape index (κ1) is 13.5. The van der Waals surface area contributed by atoms with E-state index < -0.39 is 17.6 Å². The molecule has 0 bridgehead atoms. The highest BCUT2D eigenvalue weighted by molar-refractivity contribution is 7.98. The Morgan fingerprint density at radius 3 is 2.68 bits per heavy atom. The summed E-state index contributed by atoms with van der Waals surface area (Å²) in [4.78, 5) is 11.0. The van der Waals surface area contributed by atoms with Crippen LogP contribution >= 0.6 is 11.8 Å². The van der Waals surface area contributed by atoms with Crippen LogP contribution in [0.2, 0.25) is 0 Å². The van der Waals surface area contributed by atoms with Crippen LogP contribution in [0.25, 0.3) is 0 Å². The van der Waals surface area contributed by atoms with Gasteiger partial charge in [0.15, 0.2) is 0 Å². The van der Waals surface area contributed by atoms with E-state index in [1.165, 1.54) is 12.1 Å². The smallest absolute Gasteiger partial charge is 0.335 e. The van der Waals surface area contributed by atoms with Crippen molar-refractivity contribution in [2.45, 2.75) is 10.6 Å².